The molecule has 1 N–H and O–H groups in total. The van der Waals surface area contributed by atoms with Gasteiger partial charge in [-0.3, -0.25) is 9.69 Å². The maximum absolute atomic E-state index is 10.8. The Hall–Kier alpha value is -0.570. The summed E-state index contributed by atoms with van der Waals surface area (Å²) in [5, 5.41) is 8.90. The second-order valence-corrected chi connectivity index (χ2v) is 5.19. The monoisotopic (exact) mass is 227 g/mol. The summed E-state index contributed by atoms with van der Waals surface area (Å²) in [6, 6.07) is 0.629. The molecule has 1 saturated heterocycles. The fourth-order valence-electron chi connectivity index (χ4n) is 2.30. The van der Waals surface area contributed by atoms with Crippen LogP contribution in [-0.2, 0) is 4.79 Å². The van der Waals surface area contributed by atoms with E-state index in [4.69, 9.17) is 5.11 Å². The van der Waals surface area contributed by atoms with E-state index in [1.807, 2.05) is 6.92 Å². The Morgan fingerprint density at radius 2 is 2.00 bits per heavy atom. The van der Waals surface area contributed by atoms with Crippen LogP contribution in [0.1, 0.15) is 46.5 Å². The standard InChI is InChI=1S/C13H25NO2/c1-4-5-6-7-10(2)14-8-12(9-14)11(3)13(15)16/h10-12H,4-9H2,1-3H3,(H,15,16). The molecule has 0 aromatic rings. The fourth-order valence-corrected chi connectivity index (χ4v) is 2.30. The Morgan fingerprint density at radius 3 is 2.50 bits per heavy atom. The summed E-state index contributed by atoms with van der Waals surface area (Å²) in [6.07, 6.45) is 5.13. The van der Waals surface area contributed by atoms with Gasteiger partial charge >= 0.3 is 5.97 Å². The summed E-state index contributed by atoms with van der Waals surface area (Å²) in [7, 11) is 0. The lowest BCUT2D eigenvalue weighted by atomic mass is 9.85. The van der Waals surface area contributed by atoms with Crippen molar-refractivity contribution in [3.63, 3.8) is 0 Å². The zero-order valence-electron chi connectivity index (χ0n) is 10.8. The van der Waals surface area contributed by atoms with Crippen molar-refractivity contribution in [1.29, 1.82) is 0 Å². The number of rotatable bonds is 7. The van der Waals surface area contributed by atoms with Crippen molar-refractivity contribution >= 4 is 5.97 Å². The van der Waals surface area contributed by atoms with Gasteiger partial charge in [-0.05, 0) is 19.3 Å². The zero-order chi connectivity index (χ0) is 12.1. The predicted octanol–water partition coefficient (Wildman–Crippen LogP) is 2.61. The van der Waals surface area contributed by atoms with Crippen LogP contribution in [0.25, 0.3) is 0 Å². The average molecular weight is 227 g/mol. The van der Waals surface area contributed by atoms with Gasteiger partial charge in [-0.25, -0.2) is 0 Å². The van der Waals surface area contributed by atoms with Gasteiger partial charge in [-0.2, -0.15) is 0 Å². The Bertz CT molecular complexity index is 224. The van der Waals surface area contributed by atoms with Crippen molar-refractivity contribution < 1.29 is 9.90 Å². The summed E-state index contributed by atoms with van der Waals surface area (Å²) in [5.41, 5.74) is 0. The minimum absolute atomic E-state index is 0.181. The highest BCUT2D eigenvalue weighted by atomic mass is 16.4. The van der Waals surface area contributed by atoms with Crippen LogP contribution in [0.5, 0.6) is 0 Å². The van der Waals surface area contributed by atoms with E-state index in [1.54, 1.807) is 0 Å². The van der Waals surface area contributed by atoms with Crippen molar-refractivity contribution in [3.8, 4) is 0 Å². The van der Waals surface area contributed by atoms with Crippen LogP contribution in [0.15, 0.2) is 0 Å². The normalized spacial score (nSPS) is 21.4. The quantitative estimate of drug-likeness (QED) is 0.680. The molecule has 94 valence electrons. The topological polar surface area (TPSA) is 40.5 Å². The van der Waals surface area contributed by atoms with Crippen molar-refractivity contribution in [2.24, 2.45) is 11.8 Å². The first-order valence-electron chi connectivity index (χ1n) is 6.53. The highest BCUT2D eigenvalue weighted by Crippen LogP contribution is 2.27. The third kappa shape index (κ3) is 3.48. The van der Waals surface area contributed by atoms with E-state index in [0.29, 0.717) is 12.0 Å². The van der Waals surface area contributed by atoms with Crippen LogP contribution in [-0.4, -0.2) is 35.1 Å². The van der Waals surface area contributed by atoms with E-state index in [2.05, 4.69) is 18.7 Å². The number of nitrogens with zero attached hydrogens (tertiary/aromatic N) is 1. The second-order valence-electron chi connectivity index (χ2n) is 5.19. The molecule has 0 radical (unpaired) electrons. The summed E-state index contributed by atoms with van der Waals surface area (Å²) >= 11 is 0. The van der Waals surface area contributed by atoms with Crippen molar-refractivity contribution in [1.82, 2.24) is 4.90 Å². The molecule has 1 fully saturated rings. The largest absolute Gasteiger partial charge is 0.481 e. The van der Waals surface area contributed by atoms with Gasteiger partial charge < -0.3 is 5.11 Å². The van der Waals surface area contributed by atoms with Gasteiger partial charge in [0, 0.05) is 19.1 Å². The van der Waals surface area contributed by atoms with Crippen LogP contribution in [0.2, 0.25) is 0 Å². The first-order valence-corrected chi connectivity index (χ1v) is 6.53. The third-order valence-corrected chi connectivity index (χ3v) is 3.88. The Morgan fingerprint density at radius 1 is 1.38 bits per heavy atom. The number of carbonyl (C=O) groups is 1. The minimum atomic E-state index is -0.650. The molecule has 2 unspecified atom stereocenters. The van der Waals surface area contributed by atoms with Crippen LogP contribution < -0.4 is 0 Å². The lowest BCUT2D eigenvalue weighted by Crippen LogP contribution is -2.54. The number of hydrogen-bond acceptors (Lipinski definition) is 2. The van der Waals surface area contributed by atoms with Gasteiger partial charge in [-0.15, -0.1) is 0 Å². The summed E-state index contributed by atoms with van der Waals surface area (Å²) in [6.45, 7) is 8.25. The Labute approximate surface area is 98.8 Å². The molecule has 3 heteroatoms. The first-order chi connectivity index (χ1) is 7.56. The Balaban J connectivity index is 2.17. The van der Waals surface area contributed by atoms with Crippen LogP contribution in [0.4, 0.5) is 0 Å². The highest BCUT2D eigenvalue weighted by molar-refractivity contribution is 5.70. The molecule has 1 rings (SSSR count). The van der Waals surface area contributed by atoms with E-state index in [0.717, 1.165) is 13.1 Å². The smallest absolute Gasteiger partial charge is 0.306 e. The average Bonchev–Trinajstić information content (AvgIpc) is 2.15. The van der Waals surface area contributed by atoms with Crippen LogP contribution in [0.3, 0.4) is 0 Å². The molecule has 3 nitrogen and oxygen atoms in total. The summed E-state index contributed by atoms with van der Waals surface area (Å²) in [4.78, 5) is 13.2. The number of unbranched alkanes of at least 4 members (excludes halogenated alkanes) is 2. The SMILES string of the molecule is CCCCCC(C)N1CC(C(C)C(=O)O)C1. The van der Waals surface area contributed by atoms with Crippen LogP contribution >= 0.6 is 0 Å². The number of aliphatic carboxylic acids is 1. The van der Waals surface area contributed by atoms with Crippen molar-refractivity contribution in [2.75, 3.05) is 13.1 Å². The lowest BCUT2D eigenvalue weighted by molar-refractivity contribution is -0.146. The molecule has 16 heavy (non-hydrogen) atoms. The molecule has 2 atom stereocenters. The lowest BCUT2D eigenvalue weighted by Gasteiger charge is -2.45. The molecular weight excluding hydrogens is 202 g/mol. The predicted molar refractivity (Wildman–Crippen MR) is 65.5 cm³/mol. The van der Waals surface area contributed by atoms with Crippen molar-refractivity contribution in [3.05, 3.63) is 0 Å². The van der Waals surface area contributed by atoms with E-state index in [1.165, 1.54) is 25.7 Å². The highest BCUT2D eigenvalue weighted by Gasteiger charge is 2.36. The number of carboxylic acids is 1. The van der Waals surface area contributed by atoms with E-state index < -0.39 is 5.97 Å². The molecule has 0 aromatic heterocycles. The van der Waals surface area contributed by atoms with Gasteiger partial charge in [0.15, 0.2) is 0 Å². The Kier molecular flexibility index (Phi) is 5.26. The second kappa shape index (κ2) is 6.24. The van der Waals surface area contributed by atoms with Gasteiger partial charge in [0.05, 0.1) is 5.92 Å². The van der Waals surface area contributed by atoms with Crippen molar-refractivity contribution in [2.45, 2.75) is 52.5 Å². The molecule has 1 aliphatic heterocycles. The molecule has 1 aliphatic rings. The maximum Gasteiger partial charge on any atom is 0.306 e. The van der Waals surface area contributed by atoms with E-state index >= 15 is 0 Å². The maximum atomic E-state index is 10.8. The molecule has 0 aromatic carbocycles. The van der Waals surface area contributed by atoms with Gasteiger partial charge in [0.2, 0.25) is 0 Å². The minimum Gasteiger partial charge on any atom is -0.481 e. The molecule has 0 bridgehead atoms. The van der Waals surface area contributed by atoms with Gasteiger partial charge in [0.25, 0.3) is 0 Å². The molecule has 0 spiro atoms. The zero-order valence-corrected chi connectivity index (χ0v) is 10.8. The molecular formula is C13H25NO2. The van der Waals surface area contributed by atoms with Gasteiger partial charge in [-0.1, -0.05) is 33.1 Å². The molecule has 1 heterocycles. The third-order valence-electron chi connectivity index (χ3n) is 3.88. The fraction of sp³-hybridized carbons (Fsp3) is 0.923. The molecule has 0 aliphatic carbocycles. The molecule has 0 saturated carbocycles. The van der Waals surface area contributed by atoms with Gasteiger partial charge in [0.1, 0.15) is 0 Å². The van der Waals surface area contributed by atoms with Crippen LogP contribution in [0, 0.1) is 11.8 Å². The first kappa shape index (κ1) is 13.5. The van der Waals surface area contributed by atoms with E-state index in [9.17, 15) is 4.79 Å². The number of likely N-dealkylation sites (tertiary alicyclic amines) is 1. The van der Waals surface area contributed by atoms with E-state index in [-0.39, 0.29) is 5.92 Å². The molecule has 0 amide bonds. The number of hydrogen-bond donors (Lipinski definition) is 1. The summed E-state index contributed by atoms with van der Waals surface area (Å²) in [5.74, 6) is -0.464. The number of carboxylic acid groups (broad SMARTS) is 1. The summed E-state index contributed by atoms with van der Waals surface area (Å²) < 4.78 is 0.